The van der Waals surface area contributed by atoms with Gasteiger partial charge in [-0.2, -0.15) is 0 Å². The van der Waals surface area contributed by atoms with E-state index in [0.717, 1.165) is 30.4 Å². The molecule has 0 amide bonds. The number of aliphatic imine (C=N–C) groups is 1. The summed E-state index contributed by atoms with van der Waals surface area (Å²) in [6, 6.07) is 6.05. The minimum Gasteiger partial charge on any atom is -0.357 e. The fourth-order valence-electron chi connectivity index (χ4n) is 1.95. The first kappa shape index (κ1) is 20.1. The molecule has 0 radical (unpaired) electrons. The van der Waals surface area contributed by atoms with Crippen LogP contribution in [0.5, 0.6) is 0 Å². The Kier molecular flexibility index (Phi) is 12.3. The summed E-state index contributed by atoms with van der Waals surface area (Å²) in [4.78, 5) is 9.04. The lowest BCUT2D eigenvalue weighted by atomic mass is 10.2. The molecule has 0 fully saturated rings. The summed E-state index contributed by atoms with van der Waals surface area (Å²) in [5.41, 5.74) is 2.04. The predicted octanol–water partition coefficient (Wildman–Crippen LogP) is 3.64. The van der Waals surface area contributed by atoms with Crippen molar-refractivity contribution in [3.8, 4) is 0 Å². The van der Waals surface area contributed by atoms with Crippen molar-refractivity contribution in [3.05, 3.63) is 29.6 Å². The lowest BCUT2D eigenvalue weighted by Crippen LogP contribution is -2.37. The van der Waals surface area contributed by atoms with Gasteiger partial charge in [-0.3, -0.25) is 4.98 Å². The van der Waals surface area contributed by atoms with E-state index in [2.05, 4.69) is 34.5 Å². The fraction of sp³-hybridized carbons (Fsp3) is 0.625. The van der Waals surface area contributed by atoms with E-state index in [-0.39, 0.29) is 24.0 Å². The third-order valence-corrected chi connectivity index (χ3v) is 3.01. The number of aromatic nitrogens is 1. The predicted molar refractivity (Wildman–Crippen MR) is 101 cm³/mol. The molecule has 0 aliphatic heterocycles. The first-order chi connectivity index (χ1) is 9.76. The Morgan fingerprint density at radius 3 is 2.62 bits per heavy atom. The van der Waals surface area contributed by atoms with Gasteiger partial charge in [0.25, 0.3) is 0 Å². The van der Waals surface area contributed by atoms with Crippen molar-refractivity contribution in [1.29, 1.82) is 0 Å². The molecule has 0 aliphatic carbocycles. The number of pyridine rings is 1. The summed E-state index contributed by atoms with van der Waals surface area (Å²) in [5.74, 6) is 0.882. The van der Waals surface area contributed by atoms with Gasteiger partial charge < -0.3 is 10.6 Å². The van der Waals surface area contributed by atoms with Crippen molar-refractivity contribution >= 4 is 29.9 Å². The molecule has 0 saturated heterocycles. The van der Waals surface area contributed by atoms with Crippen LogP contribution in [-0.4, -0.2) is 24.0 Å². The summed E-state index contributed by atoms with van der Waals surface area (Å²) in [6.07, 6.45) is 5.05. The lowest BCUT2D eigenvalue weighted by molar-refractivity contribution is 0.647. The Hall–Kier alpha value is -0.850. The number of guanidine groups is 1. The van der Waals surface area contributed by atoms with Gasteiger partial charge >= 0.3 is 0 Å². The van der Waals surface area contributed by atoms with E-state index >= 15 is 0 Å². The Morgan fingerprint density at radius 1 is 1.14 bits per heavy atom. The molecule has 1 aromatic rings. The molecule has 1 rings (SSSR count). The molecule has 0 atom stereocenters. The molecule has 0 unspecified atom stereocenters. The zero-order valence-electron chi connectivity index (χ0n) is 13.5. The van der Waals surface area contributed by atoms with Crippen molar-refractivity contribution in [2.24, 2.45) is 4.99 Å². The SMILES string of the molecule is CCCCCCNC(=NCc1cccc(C)n1)NCC.I. The average Bonchev–Trinajstić information content (AvgIpc) is 2.44. The first-order valence-corrected chi connectivity index (χ1v) is 7.71. The average molecular weight is 404 g/mol. The normalized spacial score (nSPS) is 10.9. The van der Waals surface area contributed by atoms with Gasteiger partial charge in [-0.1, -0.05) is 32.3 Å². The topological polar surface area (TPSA) is 49.3 Å². The van der Waals surface area contributed by atoms with Crippen molar-refractivity contribution in [1.82, 2.24) is 15.6 Å². The standard InChI is InChI=1S/C16H28N4.HI/c1-4-6-7-8-12-18-16(17-5-2)19-13-15-11-9-10-14(3)20-15;/h9-11H,4-8,12-13H2,1-3H3,(H2,17,18,19);1H. The molecular weight excluding hydrogens is 375 g/mol. The van der Waals surface area contributed by atoms with Crippen molar-refractivity contribution in [2.75, 3.05) is 13.1 Å². The summed E-state index contributed by atoms with van der Waals surface area (Å²) in [7, 11) is 0. The molecule has 0 bridgehead atoms. The number of hydrogen-bond acceptors (Lipinski definition) is 2. The first-order valence-electron chi connectivity index (χ1n) is 7.71. The highest BCUT2D eigenvalue weighted by atomic mass is 127. The molecule has 2 N–H and O–H groups in total. The molecule has 1 heterocycles. The van der Waals surface area contributed by atoms with Gasteiger partial charge in [0.15, 0.2) is 5.96 Å². The smallest absolute Gasteiger partial charge is 0.191 e. The number of nitrogens with zero attached hydrogens (tertiary/aromatic N) is 2. The van der Waals surface area contributed by atoms with E-state index in [1.807, 2.05) is 25.1 Å². The van der Waals surface area contributed by atoms with Crippen molar-refractivity contribution in [3.63, 3.8) is 0 Å². The van der Waals surface area contributed by atoms with Crippen molar-refractivity contribution < 1.29 is 0 Å². The summed E-state index contributed by atoms with van der Waals surface area (Å²) < 4.78 is 0. The largest absolute Gasteiger partial charge is 0.357 e. The third kappa shape index (κ3) is 9.66. The van der Waals surface area contributed by atoms with Gasteiger partial charge in [0.2, 0.25) is 0 Å². The van der Waals surface area contributed by atoms with Crippen LogP contribution in [-0.2, 0) is 6.54 Å². The lowest BCUT2D eigenvalue weighted by Gasteiger charge is -2.11. The number of nitrogens with one attached hydrogen (secondary N) is 2. The zero-order chi connectivity index (χ0) is 14.6. The van der Waals surface area contributed by atoms with E-state index in [1.54, 1.807) is 0 Å². The number of hydrogen-bond donors (Lipinski definition) is 2. The van der Waals surface area contributed by atoms with E-state index in [1.165, 1.54) is 25.7 Å². The number of unbranched alkanes of at least 4 members (excludes halogenated alkanes) is 3. The second-order valence-corrected chi connectivity index (χ2v) is 4.95. The summed E-state index contributed by atoms with van der Waals surface area (Å²) in [6.45, 7) is 8.79. The molecule has 0 aliphatic rings. The monoisotopic (exact) mass is 404 g/mol. The molecule has 0 aromatic carbocycles. The highest BCUT2D eigenvalue weighted by Crippen LogP contribution is 2.00. The van der Waals surface area contributed by atoms with Gasteiger partial charge in [0.1, 0.15) is 0 Å². The molecule has 4 nitrogen and oxygen atoms in total. The second-order valence-electron chi connectivity index (χ2n) is 4.95. The molecular formula is C16H29IN4. The van der Waals surface area contributed by atoms with Gasteiger partial charge in [0.05, 0.1) is 12.2 Å². The van der Waals surface area contributed by atoms with Crippen molar-refractivity contribution in [2.45, 2.75) is 53.0 Å². The highest BCUT2D eigenvalue weighted by Gasteiger charge is 1.98. The quantitative estimate of drug-likeness (QED) is 0.301. The van der Waals surface area contributed by atoms with Gasteiger partial charge in [-0.05, 0) is 32.4 Å². The van der Waals surface area contributed by atoms with Crippen LogP contribution in [0.2, 0.25) is 0 Å². The maximum absolute atomic E-state index is 4.57. The number of halogens is 1. The van der Waals surface area contributed by atoms with Gasteiger partial charge in [-0.15, -0.1) is 24.0 Å². The van der Waals surface area contributed by atoms with E-state index in [4.69, 9.17) is 0 Å². The minimum absolute atomic E-state index is 0. The molecule has 120 valence electrons. The summed E-state index contributed by atoms with van der Waals surface area (Å²) in [5, 5.41) is 6.65. The maximum atomic E-state index is 4.57. The van der Waals surface area contributed by atoms with Crippen LogP contribution in [0.3, 0.4) is 0 Å². The Morgan fingerprint density at radius 2 is 1.95 bits per heavy atom. The molecule has 0 saturated carbocycles. The summed E-state index contributed by atoms with van der Waals surface area (Å²) >= 11 is 0. The van der Waals surface area contributed by atoms with Crippen LogP contribution < -0.4 is 10.6 Å². The Balaban J connectivity index is 0.00000400. The number of rotatable bonds is 8. The van der Waals surface area contributed by atoms with E-state index < -0.39 is 0 Å². The van der Waals surface area contributed by atoms with Crippen LogP contribution in [0.25, 0.3) is 0 Å². The van der Waals surface area contributed by atoms with E-state index in [9.17, 15) is 0 Å². The second kappa shape index (κ2) is 12.9. The fourth-order valence-corrected chi connectivity index (χ4v) is 1.95. The Labute approximate surface area is 146 Å². The molecule has 1 aromatic heterocycles. The maximum Gasteiger partial charge on any atom is 0.191 e. The molecule has 21 heavy (non-hydrogen) atoms. The van der Waals surface area contributed by atoms with Gasteiger partial charge in [-0.25, -0.2) is 4.99 Å². The van der Waals surface area contributed by atoms with Crippen LogP contribution in [0, 0.1) is 6.92 Å². The highest BCUT2D eigenvalue weighted by molar-refractivity contribution is 14.0. The Bertz CT molecular complexity index is 407. The molecule has 5 heteroatoms. The number of aryl methyl sites for hydroxylation is 1. The molecule has 0 spiro atoms. The zero-order valence-corrected chi connectivity index (χ0v) is 15.8. The van der Waals surface area contributed by atoms with Crippen LogP contribution in [0.1, 0.15) is 50.9 Å². The van der Waals surface area contributed by atoms with Crippen LogP contribution >= 0.6 is 24.0 Å². The van der Waals surface area contributed by atoms with E-state index in [0.29, 0.717) is 6.54 Å². The minimum atomic E-state index is 0. The van der Waals surface area contributed by atoms with Gasteiger partial charge in [0, 0.05) is 18.8 Å². The van der Waals surface area contributed by atoms with Crippen LogP contribution in [0.4, 0.5) is 0 Å². The van der Waals surface area contributed by atoms with Crippen LogP contribution in [0.15, 0.2) is 23.2 Å². The third-order valence-electron chi connectivity index (χ3n) is 3.01.